The lowest BCUT2D eigenvalue weighted by Gasteiger charge is -2.13. The van der Waals surface area contributed by atoms with E-state index in [0.29, 0.717) is 12.5 Å². The highest BCUT2D eigenvalue weighted by molar-refractivity contribution is 5.82. The Bertz CT molecular complexity index is 451. The lowest BCUT2D eigenvalue weighted by Crippen LogP contribution is -2.35. The molecule has 104 valence electrons. The monoisotopic (exact) mass is 260 g/mol. The number of amides is 1. The topological polar surface area (TPSA) is 55.1 Å². The van der Waals surface area contributed by atoms with Crippen molar-refractivity contribution >= 4 is 5.91 Å². The molecule has 0 spiro atoms. The van der Waals surface area contributed by atoms with E-state index in [2.05, 4.69) is 33.0 Å². The van der Waals surface area contributed by atoms with Crippen molar-refractivity contribution in [3.05, 3.63) is 35.9 Å². The second kappa shape index (κ2) is 4.64. The van der Waals surface area contributed by atoms with Crippen molar-refractivity contribution in [3.8, 4) is 0 Å². The Hall–Kier alpha value is -1.35. The minimum atomic E-state index is -0.578. The molecule has 1 aromatic carbocycles. The molecule has 0 bridgehead atoms. The fourth-order valence-corrected chi connectivity index (χ4v) is 2.97. The van der Waals surface area contributed by atoms with Crippen LogP contribution in [0.3, 0.4) is 0 Å². The predicted octanol–water partition coefficient (Wildman–Crippen LogP) is 2.48. The first-order valence-electron chi connectivity index (χ1n) is 6.86. The van der Waals surface area contributed by atoms with E-state index in [9.17, 15) is 4.79 Å². The zero-order valence-electron chi connectivity index (χ0n) is 12.2. The summed E-state index contributed by atoms with van der Waals surface area (Å²) in [6.45, 7) is 9.71. The van der Waals surface area contributed by atoms with Crippen molar-refractivity contribution in [1.29, 1.82) is 0 Å². The van der Waals surface area contributed by atoms with Crippen LogP contribution in [-0.2, 0) is 4.79 Å². The van der Waals surface area contributed by atoms with Gasteiger partial charge in [0.05, 0.1) is 0 Å². The van der Waals surface area contributed by atoms with E-state index in [0.717, 1.165) is 5.56 Å². The Morgan fingerprint density at radius 1 is 1.21 bits per heavy atom. The van der Waals surface area contributed by atoms with Gasteiger partial charge in [0.1, 0.15) is 6.04 Å². The molecule has 1 aliphatic rings. The van der Waals surface area contributed by atoms with Gasteiger partial charge in [-0.1, -0.05) is 58.0 Å². The SMILES string of the molecule is CC1(C)C(CNC(=O)[C@H](N)c2ccccc2)C1(C)C. The second-order valence-electron chi connectivity index (χ2n) is 6.63. The summed E-state index contributed by atoms with van der Waals surface area (Å²) in [4.78, 5) is 12.1. The van der Waals surface area contributed by atoms with Gasteiger partial charge in [-0.3, -0.25) is 4.79 Å². The summed E-state index contributed by atoms with van der Waals surface area (Å²) >= 11 is 0. The number of hydrogen-bond acceptors (Lipinski definition) is 2. The highest BCUT2D eigenvalue weighted by Crippen LogP contribution is 2.67. The molecule has 1 amide bonds. The molecule has 1 aromatic rings. The largest absolute Gasteiger partial charge is 0.354 e. The third-order valence-electron chi connectivity index (χ3n) is 5.24. The van der Waals surface area contributed by atoms with Gasteiger partial charge >= 0.3 is 0 Å². The molecule has 0 heterocycles. The summed E-state index contributed by atoms with van der Waals surface area (Å²) in [5.74, 6) is 0.427. The second-order valence-corrected chi connectivity index (χ2v) is 6.63. The van der Waals surface area contributed by atoms with Crippen LogP contribution in [0.1, 0.15) is 39.3 Å². The van der Waals surface area contributed by atoms with Crippen LogP contribution in [0.2, 0.25) is 0 Å². The van der Waals surface area contributed by atoms with E-state index in [1.54, 1.807) is 0 Å². The Labute approximate surface area is 115 Å². The van der Waals surface area contributed by atoms with Gasteiger partial charge in [-0.2, -0.15) is 0 Å². The number of carbonyl (C=O) groups excluding carboxylic acids is 1. The maximum absolute atomic E-state index is 12.1. The Kier molecular flexibility index (Phi) is 3.43. The van der Waals surface area contributed by atoms with E-state index in [4.69, 9.17) is 5.73 Å². The normalized spacial score (nSPS) is 21.7. The van der Waals surface area contributed by atoms with E-state index >= 15 is 0 Å². The molecule has 0 aliphatic heterocycles. The summed E-state index contributed by atoms with van der Waals surface area (Å²) < 4.78 is 0. The van der Waals surface area contributed by atoms with Gasteiger partial charge in [0.25, 0.3) is 0 Å². The van der Waals surface area contributed by atoms with E-state index in [1.807, 2.05) is 30.3 Å². The molecule has 2 rings (SSSR count). The van der Waals surface area contributed by atoms with E-state index < -0.39 is 6.04 Å². The molecule has 3 nitrogen and oxygen atoms in total. The Morgan fingerprint density at radius 3 is 2.21 bits per heavy atom. The minimum absolute atomic E-state index is 0.0929. The zero-order chi connectivity index (χ0) is 14.3. The molecule has 19 heavy (non-hydrogen) atoms. The standard InChI is InChI=1S/C16H24N2O/c1-15(2)12(16(15,3)4)10-18-14(19)13(17)11-8-6-5-7-9-11/h5-9,12-13H,10,17H2,1-4H3,(H,18,19)/t13-/m1/s1. The molecule has 0 radical (unpaired) electrons. The fourth-order valence-electron chi connectivity index (χ4n) is 2.97. The van der Waals surface area contributed by atoms with E-state index in [1.165, 1.54) is 0 Å². The van der Waals surface area contributed by atoms with Crippen molar-refractivity contribution in [2.75, 3.05) is 6.54 Å². The Balaban J connectivity index is 1.90. The Morgan fingerprint density at radius 2 is 1.74 bits per heavy atom. The molecule has 3 N–H and O–H groups in total. The number of benzene rings is 1. The van der Waals surface area contributed by atoms with Crippen LogP contribution in [-0.4, -0.2) is 12.5 Å². The molecule has 0 unspecified atom stereocenters. The lowest BCUT2D eigenvalue weighted by molar-refractivity contribution is -0.122. The molecule has 0 aromatic heterocycles. The van der Waals surface area contributed by atoms with Crippen molar-refractivity contribution in [2.45, 2.75) is 33.7 Å². The molecule has 1 aliphatic carbocycles. The molecule has 1 atom stereocenters. The maximum atomic E-state index is 12.1. The fraction of sp³-hybridized carbons (Fsp3) is 0.562. The number of hydrogen-bond donors (Lipinski definition) is 2. The highest BCUT2D eigenvalue weighted by Gasteiger charge is 2.64. The van der Waals surface area contributed by atoms with Gasteiger partial charge in [-0.15, -0.1) is 0 Å². The first-order valence-corrected chi connectivity index (χ1v) is 6.86. The van der Waals surface area contributed by atoms with Gasteiger partial charge in [-0.05, 0) is 22.3 Å². The summed E-state index contributed by atoms with van der Waals surface area (Å²) in [5.41, 5.74) is 7.40. The molecule has 1 saturated carbocycles. The van der Waals surface area contributed by atoms with Crippen LogP contribution in [0, 0.1) is 16.7 Å². The first-order chi connectivity index (χ1) is 8.78. The van der Waals surface area contributed by atoms with Crippen LogP contribution in [0.15, 0.2) is 30.3 Å². The molecule has 0 saturated heterocycles. The molecular formula is C16H24N2O. The van der Waals surface area contributed by atoms with Crippen molar-refractivity contribution in [3.63, 3.8) is 0 Å². The van der Waals surface area contributed by atoms with Crippen LogP contribution in [0.5, 0.6) is 0 Å². The smallest absolute Gasteiger partial charge is 0.241 e. The molecular weight excluding hydrogens is 236 g/mol. The first kappa shape index (κ1) is 14.1. The quantitative estimate of drug-likeness (QED) is 0.874. The summed E-state index contributed by atoms with van der Waals surface area (Å²) in [6.07, 6.45) is 0. The number of nitrogens with two attached hydrogens (primary N) is 1. The van der Waals surface area contributed by atoms with Gasteiger partial charge in [0.2, 0.25) is 5.91 Å². The summed E-state index contributed by atoms with van der Waals surface area (Å²) in [6, 6.07) is 8.91. The van der Waals surface area contributed by atoms with Crippen molar-refractivity contribution < 1.29 is 4.79 Å². The molecule has 3 heteroatoms. The zero-order valence-corrected chi connectivity index (χ0v) is 12.2. The van der Waals surface area contributed by atoms with E-state index in [-0.39, 0.29) is 16.7 Å². The number of nitrogens with one attached hydrogen (secondary N) is 1. The van der Waals surface area contributed by atoms with Crippen LogP contribution in [0.25, 0.3) is 0 Å². The van der Waals surface area contributed by atoms with Gasteiger partial charge in [0.15, 0.2) is 0 Å². The minimum Gasteiger partial charge on any atom is -0.354 e. The average molecular weight is 260 g/mol. The predicted molar refractivity (Wildman–Crippen MR) is 77.4 cm³/mol. The average Bonchev–Trinajstić information content (AvgIpc) is 2.77. The van der Waals surface area contributed by atoms with Crippen LogP contribution < -0.4 is 11.1 Å². The highest BCUT2D eigenvalue weighted by atomic mass is 16.2. The third kappa shape index (κ3) is 2.39. The maximum Gasteiger partial charge on any atom is 0.241 e. The lowest BCUT2D eigenvalue weighted by atomic mass is 10.0. The summed E-state index contributed by atoms with van der Waals surface area (Å²) in [5, 5.41) is 2.99. The van der Waals surface area contributed by atoms with Crippen molar-refractivity contribution in [1.82, 2.24) is 5.32 Å². The van der Waals surface area contributed by atoms with Gasteiger partial charge in [0, 0.05) is 6.54 Å². The van der Waals surface area contributed by atoms with Crippen molar-refractivity contribution in [2.24, 2.45) is 22.5 Å². The number of rotatable bonds is 4. The number of carbonyl (C=O) groups is 1. The molecule has 1 fully saturated rings. The van der Waals surface area contributed by atoms with Crippen LogP contribution in [0.4, 0.5) is 0 Å². The third-order valence-corrected chi connectivity index (χ3v) is 5.24. The van der Waals surface area contributed by atoms with Gasteiger partial charge < -0.3 is 11.1 Å². The van der Waals surface area contributed by atoms with Gasteiger partial charge in [-0.25, -0.2) is 0 Å². The summed E-state index contributed by atoms with van der Waals surface area (Å²) in [7, 11) is 0. The van der Waals surface area contributed by atoms with Crippen LogP contribution >= 0.6 is 0 Å².